The van der Waals surface area contributed by atoms with Gasteiger partial charge in [-0.1, -0.05) is 54.6 Å². The van der Waals surface area contributed by atoms with Crippen LogP contribution in [0, 0.1) is 5.92 Å². The van der Waals surface area contributed by atoms with Gasteiger partial charge in [-0.3, -0.25) is 0 Å². The largest absolute Gasteiger partial charge is 0.388 e. The van der Waals surface area contributed by atoms with Gasteiger partial charge in [-0.25, -0.2) is 0 Å². The maximum absolute atomic E-state index is 10.5. The third-order valence-corrected chi connectivity index (χ3v) is 4.40. The van der Waals surface area contributed by atoms with Crippen LogP contribution in [-0.4, -0.2) is 18.2 Å². The van der Waals surface area contributed by atoms with Crippen molar-refractivity contribution in [3.05, 3.63) is 71.3 Å². The van der Waals surface area contributed by atoms with Crippen molar-refractivity contribution in [1.82, 2.24) is 5.32 Å². The Hall–Kier alpha value is -1.64. The van der Waals surface area contributed by atoms with Crippen molar-refractivity contribution in [2.24, 2.45) is 5.92 Å². The minimum atomic E-state index is -0.321. The molecule has 0 bridgehead atoms. The maximum Gasteiger partial charge on any atom is 0.0819 e. The second kappa shape index (κ2) is 6.88. The smallest absolute Gasteiger partial charge is 0.0819 e. The summed E-state index contributed by atoms with van der Waals surface area (Å²) in [7, 11) is 0. The van der Waals surface area contributed by atoms with Crippen molar-refractivity contribution >= 4 is 0 Å². The predicted molar refractivity (Wildman–Crippen MR) is 86.2 cm³/mol. The number of hydrogen-bond acceptors (Lipinski definition) is 2. The van der Waals surface area contributed by atoms with Crippen LogP contribution in [-0.2, 0) is 6.42 Å². The van der Waals surface area contributed by atoms with Crippen LogP contribution in [0.1, 0.15) is 35.6 Å². The molecule has 110 valence electrons. The summed E-state index contributed by atoms with van der Waals surface area (Å²) in [5.74, 6) is 0.395. The van der Waals surface area contributed by atoms with Crippen LogP contribution < -0.4 is 5.32 Å². The van der Waals surface area contributed by atoms with Gasteiger partial charge in [0.1, 0.15) is 0 Å². The van der Waals surface area contributed by atoms with Crippen LogP contribution >= 0.6 is 0 Å². The highest BCUT2D eigenvalue weighted by Crippen LogP contribution is 2.28. The molecule has 3 rings (SSSR count). The van der Waals surface area contributed by atoms with Crippen molar-refractivity contribution in [3.8, 4) is 0 Å². The van der Waals surface area contributed by atoms with E-state index in [1.807, 2.05) is 6.07 Å². The number of nitrogens with one attached hydrogen (secondary N) is 1. The number of benzene rings is 2. The summed E-state index contributed by atoms with van der Waals surface area (Å²) in [6.45, 7) is 2.04. The summed E-state index contributed by atoms with van der Waals surface area (Å²) in [4.78, 5) is 0. The molecule has 0 aromatic heterocycles. The molecular formula is C19H23NO. The summed E-state index contributed by atoms with van der Waals surface area (Å²) < 4.78 is 0. The Morgan fingerprint density at radius 1 is 0.905 bits per heavy atom. The van der Waals surface area contributed by atoms with E-state index in [0.29, 0.717) is 5.92 Å². The maximum atomic E-state index is 10.5. The SMILES string of the molecule is OC(c1ccc(Cc2ccccc2)cc1)C1CCNCC1. The number of aliphatic hydroxyl groups is 1. The zero-order chi connectivity index (χ0) is 14.5. The van der Waals surface area contributed by atoms with E-state index in [1.54, 1.807) is 0 Å². The van der Waals surface area contributed by atoms with Gasteiger partial charge in [-0.2, -0.15) is 0 Å². The Morgan fingerprint density at radius 3 is 2.19 bits per heavy atom. The molecule has 1 unspecified atom stereocenters. The lowest BCUT2D eigenvalue weighted by Crippen LogP contribution is -2.30. The van der Waals surface area contributed by atoms with Gasteiger partial charge < -0.3 is 10.4 Å². The molecule has 1 fully saturated rings. The predicted octanol–water partition coefficient (Wildman–Crippen LogP) is 3.31. The fraction of sp³-hybridized carbons (Fsp3) is 0.368. The van der Waals surface area contributed by atoms with Crippen LogP contribution in [0.5, 0.6) is 0 Å². The van der Waals surface area contributed by atoms with E-state index < -0.39 is 0 Å². The van der Waals surface area contributed by atoms with E-state index in [-0.39, 0.29) is 6.10 Å². The zero-order valence-corrected chi connectivity index (χ0v) is 12.3. The molecule has 0 amide bonds. The van der Waals surface area contributed by atoms with E-state index in [1.165, 1.54) is 11.1 Å². The van der Waals surface area contributed by atoms with E-state index in [4.69, 9.17) is 0 Å². The van der Waals surface area contributed by atoms with E-state index in [2.05, 4.69) is 53.8 Å². The van der Waals surface area contributed by atoms with Gasteiger partial charge in [0.25, 0.3) is 0 Å². The van der Waals surface area contributed by atoms with Crippen LogP contribution in [0.4, 0.5) is 0 Å². The number of hydrogen-bond donors (Lipinski definition) is 2. The van der Waals surface area contributed by atoms with Gasteiger partial charge in [0.05, 0.1) is 6.10 Å². The summed E-state index contributed by atoms with van der Waals surface area (Å²) in [6, 6.07) is 19.0. The second-order valence-corrected chi connectivity index (χ2v) is 5.94. The molecule has 21 heavy (non-hydrogen) atoms. The number of aliphatic hydroxyl groups excluding tert-OH is 1. The number of piperidine rings is 1. The molecule has 2 nitrogen and oxygen atoms in total. The first-order chi connectivity index (χ1) is 10.3. The Kier molecular flexibility index (Phi) is 4.69. The third-order valence-electron chi connectivity index (χ3n) is 4.40. The molecule has 0 aliphatic carbocycles. The molecule has 1 saturated heterocycles. The zero-order valence-electron chi connectivity index (χ0n) is 12.3. The van der Waals surface area contributed by atoms with E-state index >= 15 is 0 Å². The lowest BCUT2D eigenvalue weighted by Gasteiger charge is -2.27. The molecule has 0 radical (unpaired) electrons. The van der Waals surface area contributed by atoms with Crippen LogP contribution in [0.25, 0.3) is 0 Å². The van der Waals surface area contributed by atoms with Gasteiger partial charge in [-0.05, 0) is 55.0 Å². The molecule has 2 N–H and O–H groups in total. The fourth-order valence-electron chi connectivity index (χ4n) is 3.10. The summed E-state index contributed by atoms with van der Waals surface area (Å²) in [5, 5.41) is 13.8. The first-order valence-electron chi connectivity index (χ1n) is 7.84. The van der Waals surface area contributed by atoms with Gasteiger partial charge in [-0.15, -0.1) is 0 Å². The molecule has 1 heterocycles. The third kappa shape index (κ3) is 3.72. The molecule has 2 aromatic carbocycles. The first-order valence-corrected chi connectivity index (χ1v) is 7.84. The molecule has 1 atom stereocenters. The van der Waals surface area contributed by atoms with Crippen molar-refractivity contribution in [1.29, 1.82) is 0 Å². The highest BCUT2D eigenvalue weighted by Gasteiger charge is 2.22. The van der Waals surface area contributed by atoms with Crippen molar-refractivity contribution in [2.75, 3.05) is 13.1 Å². The summed E-state index contributed by atoms with van der Waals surface area (Å²) in [6.07, 6.45) is 2.75. The molecular weight excluding hydrogens is 258 g/mol. The molecule has 1 aliphatic heterocycles. The summed E-state index contributed by atoms with van der Waals surface area (Å²) in [5.41, 5.74) is 3.67. The average molecular weight is 281 g/mol. The second-order valence-electron chi connectivity index (χ2n) is 5.94. The molecule has 1 aliphatic rings. The lowest BCUT2D eigenvalue weighted by atomic mass is 9.87. The van der Waals surface area contributed by atoms with Gasteiger partial charge >= 0.3 is 0 Å². The van der Waals surface area contributed by atoms with Gasteiger partial charge in [0.2, 0.25) is 0 Å². The molecule has 2 heteroatoms. The Balaban J connectivity index is 1.66. The van der Waals surface area contributed by atoms with Gasteiger partial charge in [0.15, 0.2) is 0 Å². The fourth-order valence-corrected chi connectivity index (χ4v) is 3.10. The van der Waals surface area contributed by atoms with Crippen LogP contribution in [0.15, 0.2) is 54.6 Å². The van der Waals surface area contributed by atoms with Crippen molar-refractivity contribution in [2.45, 2.75) is 25.4 Å². The Bertz CT molecular complexity index is 544. The monoisotopic (exact) mass is 281 g/mol. The van der Waals surface area contributed by atoms with Crippen molar-refractivity contribution < 1.29 is 5.11 Å². The lowest BCUT2D eigenvalue weighted by molar-refractivity contribution is 0.0889. The Morgan fingerprint density at radius 2 is 1.52 bits per heavy atom. The van der Waals surface area contributed by atoms with E-state index in [9.17, 15) is 5.11 Å². The minimum Gasteiger partial charge on any atom is -0.388 e. The Labute approximate surface area is 126 Å². The summed E-state index contributed by atoms with van der Waals surface area (Å²) >= 11 is 0. The molecule has 0 saturated carbocycles. The topological polar surface area (TPSA) is 32.3 Å². The molecule has 0 spiro atoms. The quantitative estimate of drug-likeness (QED) is 0.901. The highest BCUT2D eigenvalue weighted by molar-refractivity contribution is 5.29. The van der Waals surface area contributed by atoms with Crippen LogP contribution in [0.2, 0.25) is 0 Å². The standard InChI is InChI=1S/C19H23NO/c21-19(18-10-12-20-13-11-18)17-8-6-16(7-9-17)14-15-4-2-1-3-5-15/h1-9,18-21H,10-14H2. The normalized spacial score (nSPS) is 17.6. The van der Waals surface area contributed by atoms with Crippen molar-refractivity contribution in [3.63, 3.8) is 0 Å². The molecule has 2 aromatic rings. The minimum absolute atomic E-state index is 0.321. The average Bonchev–Trinajstić information content (AvgIpc) is 2.57. The first kappa shape index (κ1) is 14.3. The highest BCUT2D eigenvalue weighted by atomic mass is 16.3. The van der Waals surface area contributed by atoms with Gasteiger partial charge in [0, 0.05) is 0 Å². The number of rotatable bonds is 4. The van der Waals surface area contributed by atoms with E-state index in [0.717, 1.165) is 37.9 Å². The van der Waals surface area contributed by atoms with Crippen LogP contribution in [0.3, 0.4) is 0 Å².